The second kappa shape index (κ2) is 6.89. The van der Waals surface area contributed by atoms with Crippen LogP contribution in [0.2, 0.25) is 0 Å². The number of aromatic hydroxyl groups is 1. The molecular formula is C18H25NO4. The first-order chi connectivity index (χ1) is 11.1. The Balaban J connectivity index is 1.53. The molecule has 1 aromatic carbocycles. The molecule has 0 radical (unpaired) electrons. The molecule has 2 saturated heterocycles. The lowest BCUT2D eigenvalue weighted by molar-refractivity contribution is -0.167. The molecule has 0 aromatic heterocycles. The normalized spacial score (nSPS) is 22.8. The van der Waals surface area contributed by atoms with Crippen molar-refractivity contribution in [3.63, 3.8) is 0 Å². The third-order valence-electron chi connectivity index (χ3n) is 4.81. The summed E-state index contributed by atoms with van der Waals surface area (Å²) >= 11 is 0. The first-order valence-corrected chi connectivity index (χ1v) is 8.42. The van der Waals surface area contributed by atoms with E-state index in [1.165, 1.54) is 6.07 Å². The van der Waals surface area contributed by atoms with Gasteiger partial charge in [0, 0.05) is 25.4 Å². The quantitative estimate of drug-likeness (QED) is 0.847. The van der Waals surface area contributed by atoms with Gasteiger partial charge in [-0.1, -0.05) is 6.07 Å². The van der Waals surface area contributed by atoms with Gasteiger partial charge in [-0.2, -0.15) is 0 Å². The van der Waals surface area contributed by atoms with Gasteiger partial charge >= 0.3 is 0 Å². The Kier molecular flexibility index (Phi) is 4.87. The van der Waals surface area contributed by atoms with E-state index in [0.29, 0.717) is 24.6 Å². The summed E-state index contributed by atoms with van der Waals surface area (Å²) in [4.78, 5) is 14.2. The number of benzene rings is 1. The van der Waals surface area contributed by atoms with Crippen LogP contribution in [0.15, 0.2) is 24.3 Å². The molecule has 2 fully saturated rings. The number of nitrogens with zero attached hydrogens (tertiary/aromatic N) is 1. The Morgan fingerprint density at radius 3 is 3.04 bits per heavy atom. The van der Waals surface area contributed by atoms with Crippen molar-refractivity contribution in [3.05, 3.63) is 29.8 Å². The van der Waals surface area contributed by atoms with E-state index < -0.39 is 0 Å². The Bertz CT molecular complexity index is 554. The largest absolute Gasteiger partial charge is 0.508 e. The first kappa shape index (κ1) is 16.3. The average molecular weight is 319 g/mol. The van der Waals surface area contributed by atoms with E-state index in [4.69, 9.17) is 9.47 Å². The maximum Gasteiger partial charge on any atom is 0.254 e. The number of amides is 1. The van der Waals surface area contributed by atoms with Crippen LogP contribution >= 0.6 is 0 Å². The molecule has 126 valence electrons. The zero-order valence-electron chi connectivity index (χ0n) is 13.7. The Hall–Kier alpha value is -1.59. The van der Waals surface area contributed by atoms with Crippen LogP contribution in [0.4, 0.5) is 0 Å². The number of phenolic OH excluding ortho intramolecular Hbond substituents is 1. The molecule has 0 aliphatic carbocycles. The van der Waals surface area contributed by atoms with E-state index in [1.54, 1.807) is 23.1 Å². The number of carbonyl (C=O) groups excluding carboxylic acids is 1. The van der Waals surface area contributed by atoms with Gasteiger partial charge in [-0.3, -0.25) is 4.79 Å². The van der Waals surface area contributed by atoms with Crippen LogP contribution in [-0.4, -0.2) is 54.4 Å². The predicted molar refractivity (Wildman–Crippen MR) is 86.5 cm³/mol. The second-order valence-electron chi connectivity index (χ2n) is 6.59. The minimum Gasteiger partial charge on any atom is -0.508 e. The zero-order valence-corrected chi connectivity index (χ0v) is 13.7. The summed E-state index contributed by atoms with van der Waals surface area (Å²) < 4.78 is 11.4. The molecule has 1 aromatic rings. The lowest BCUT2D eigenvalue weighted by atomic mass is 9.79. The fourth-order valence-corrected chi connectivity index (χ4v) is 3.60. The SMILES string of the molecule is CCOCCC1CCOC2(C1)CN(C(=O)c1cccc(O)c1)C2. The van der Waals surface area contributed by atoms with E-state index in [9.17, 15) is 9.90 Å². The van der Waals surface area contributed by atoms with E-state index in [-0.39, 0.29) is 17.3 Å². The summed E-state index contributed by atoms with van der Waals surface area (Å²) in [6.07, 6.45) is 3.15. The number of ether oxygens (including phenoxy) is 2. The highest BCUT2D eigenvalue weighted by atomic mass is 16.5. The van der Waals surface area contributed by atoms with E-state index in [0.717, 1.165) is 39.1 Å². The summed E-state index contributed by atoms with van der Waals surface area (Å²) in [6.45, 7) is 5.65. The highest BCUT2D eigenvalue weighted by molar-refractivity contribution is 5.95. The maximum absolute atomic E-state index is 12.4. The number of hydrogen-bond acceptors (Lipinski definition) is 4. The van der Waals surface area contributed by atoms with Crippen molar-refractivity contribution in [2.45, 2.75) is 31.8 Å². The summed E-state index contributed by atoms with van der Waals surface area (Å²) in [5, 5.41) is 9.51. The molecular weight excluding hydrogens is 294 g/mol. The number of hydrogen-bond donors (Lipinski definition) is 1. The van der Waals surface area contributed by atoms with Gasteiger partial charge in [0.05, 0.1) is 13.1 Å². The second-order valence-corrected chi connectivity index (χ2v) is 6.59. The number of carbonyl (C=O) groups is 1. The van der Waals surface area contributed by atoms with E-state index in [2.05, 4.69) is 0 Å². The van der Waals surface area contributed by atoms with Gasteiger partial charge in [-0.15, -0.1) is 0 Å². The topological polar surface area (TPSA) is 59.0 Å². The standard InChI is InChI=1S/C18H25NO4/c1-2-22-8-6-14-7-9-23-18(11-14)12-19(13-18)17(21)15-4-3-5-16(20)10-15/h3-5,10,14,20H,2,6-9,11-13H2,1H3. The van der Waals surface area contributed by atoms with Crippen molar-refractivity contribution in [3.8, 4) is 5.75 Å². The highest BCUT2D eigenvalue weighted by Gasteiger charge is 2.49. The van der Waals surface area contributed by atoms with Crippen LogP contribution < -0.4 is 0 Å². The summed E-state index contributed by atoms with van der Waals surface area (Å²) in [7, 11) is 0. The van der Waals surface area contributed by atoms with Gasteiger partial charge in [0.1, 0.15) is 11.4 Å². The molecule has 1 atom stereocenters. The molecule has 1 N–H and O–H groups in total. The summed E-state index contributed by atoms with van der Waals surface area (Å²) in [5.74, 6) is 0.705. The molecule has 3 rings (SSSR count). The van der Waals surface area contributed by atoms with Crippen molar-refractivity contribution in [1.29, 1.82) is 0 Å². The van der Waals surface area contributed by atoms with Gasteiger partial charge < -0.3 is 19.5 Å². The molecule has 2 aliphatic rings. The smallest absolute Gasteiger partial charge is 0.254 e. The van der Waals surface area contributed by atoms with E-state index in [1.807, 2.05) is 6.92 Å². The minimum absolute atomic E-state index is 0.0356. The molecule has 1 amide bonds. The third-order valence-corrected chi connectivity index (χ3v) is 4.81. The van der Waals surface area contributed by atoms with Crippen LogP contribution in [0.25, 0.3) is 0 Å². The minimum atomic E-state index is -0.165. The first-order valence-electron chi connectivity index (χ1n) is 8.42. The van der Waals surface area contributed by atoms with Crippen LogP contribution in [0, 0.1) is 5.92 Å². The molecule has 23 heavy (non-hydrogen) atoms. The summed E-state index contributed by atoms with van der Waals surface area (Å²) in [6, 6.07) is 6.51. The number of rotatable bonds is 5. The fraction of sp³-hybridized carbons (Fsp3) is 0.611. The maximum atomic E-state index is 12.4. The Morgan fingerprint density at radius 1 is 1.48 bits per heavy atom. The van der Waals surface area contributed by atoms with Crippen molar-refractivity contribution >= 4 is 5.91 Å². The average Bonchev–Trinajstić information content (AvgIpc) is 2.52. The van der Waals surface area contributed by atoms with Crippen molar-refractivity contribution in [2.75, 3.05) is 32.9 Å². The van der Waals surface area contributed by atoms with Crippen LogP contribution in [0.5, 0.6) is 5.75 Å². The summed E-state index contributed by atoms with van der Waals surface area (Å²) in [5.41, 5.74) is 0.366. The number of phenols is 1. The van der Waals surface area contributed by atoms with Crippen molar-refractivity contribution in [2.24, 2.45) is 5.92 Å². The molecule has 0 bridgehead atoms. The van der Waals surface area contributed by atoms with Gasteiger partial charge in [-0.25, -0.2) is 0 Å². The third kappa shape index (κ3) is 3.67. The number of likely N-dealkylation sites (tertiary alicyclic amines) is 1. The van der Waals surface area contributed by atoms with Crippen LogP contribution in [-0.2, 0) is 9.47 Å². The lowest BCUT2D eigenvalue weighted by Crippen LogP contribution is -2.66. The van der Waals surface area contributed by atoms with Gasteiger partial charge in [-0.05, 0) is 50.3 Å². The van der Waals surface area contributed by atoms with Crippen LogP contribution in [0.3, 0.4) is 0 Å². The van der Waals surface area contributed by atoms with E-state index >= 15 is 0 Å². The van der Waals surface area contributed by atoms with Gasteiger partial charge in [0.15, 0.2) is 0 Å². The Morgan fingerprint density at radius 2 is 2.30 bits per heavy atom. The predicted octanol–water partition coefficient (Wildman–Crippen LogP) is 2.44. The fourth-order valence-electron chi connectivity index (χ4n) is 3.60. The molecule has 2 aliphatic heterocycles. The van der Waals surface area contributed by atoms with Crippen LogP contribution in [0.1, 0.15) is 36.5 Å². The molecule has 5 nitrogen and oxygen atoms in total. The van der Waals surface area contributed by atoms with Gasteiger partial charge in [0.2, 0.25) is 0 Å². The molecule has 1 unspecified atom stereocenters. The molecule has 1 spiro atoms. The lowest BCUT2D eigenvalue weighted by Gasteiger charge is -2.53. The molecule has 0 saturated carbocycles. The molecule has 5 heteroatoms. The van der Waals surface area contributed by atoms with Gasteiger partial charge in [0.25, 0.3) is 5.91 Å². The molecule has 2 heterocycles. The zero-order chi connectivity index (χ0) is 16.3. The van der Waals surface area contributed by atoms with Crippen molar-refractivity contribution < 1.29 is 19.4 Å². The Labute approximate surface area is 137 Å². The monoisotopic (exact) mass is 319 g/mol. The van der Waals surface area contributed by atoms with Crippen molar-refractivity contribution in [1.82, 2.24) is 4.90 Å². The highest BCUT2D eigenvalue weighted by Crippen LogP contribution is 2.38.